The van der Waals surface area contributed by atoms with Gasteiger partial charge in [0.05, 0.1) is 18.7 Å². The SMILES string of the molecule is CC.COc1cc(C)nc2ccc(C3=C(F)[C@@H]4CC[C@H](C3)O4)cc12. The standard InChI is InChI=1S/C18H18FNO2.C2H6/c1-10-7-17(21-2)14-8-11(3-5-15(14)20-10)13-9-12-4-6-16(22-12)18(13)19;1-2/h3,5,7-8,12,16H,4,6,9H2,1-2H3;1-2H3/t12-,16+;/m1./s1. The van der Waals surface area contributed by atoms with E-state index in [2.05, 4.69) is 4.98 Å². The molecule has 1 saturated heterocycles. The molecule has 0 unspecified atom stereocenters. The number of nitrogens with zero attached hydrogens (tertiary/aromatic N) is 1. The molecule has 3 heterocycles. The fraction of sp³-hybridized carbons (Fsp3) is 0.450. The third-order valence-electron chi connectivity index (χ3n) is 4.58. The Bertz CT molecular complexity index is 785. The van der Waals surface area contributed by atoms with Crippen molar-refractivity contribution in [2.75, 3.05) is 7.11 Å². The van der Waals surface area contributed by atoms with E-state index in [9.17, 15) is 4.39 Å². The molecule has 2 atom stereocenters. The second-order valence-corrected chi connectivity index (χ2v) is 6.05. The number of rotatable bonds is 2. The van der Waals surface area contributed by atoms with E-state index < -0.39 is 0 Å². The maximum Gasteiger partial charge on any atom is 0.133 e. The van der Waals surface area contributed by atoms with Crippen LogP contribution in [0.1, 0.15) is 44.4 Å². The summed E-state index contributed by atoms with van der Waals surface area (Å²) in [6.07, 6.45) is 2.20. The van der Waals surface area contributed by atoms with Gasteiger partial charge in [-0.05, 0) is 43.0 Å². The first-order valence-corrected chi connectivity index (χ1v) is 8.65. The van der Waals surface area contributed by atoms with Gasteiger partial charge >= 0.3 is 0 Å². The molecular formula is C20H24FNO2. The normalized spacial score (nSPS) is 22.4. The van der Waals surface area contributed by atoms with Crippen LogP contribution in [0.4, 0.5) is 4.39 Å². The minimum Gasteiger partial charge on any atom is -0.496 e. The Morgan fingerprint density at radius 2 is 2.00 bits per heavy atom. The molecule has 2 aliphatic heterocycles. The highest BCUT2D eigenvalue weighted by molar-refractivity contribution is 5.89. The summed E-state index contributed by atoms with van der Waals surface area (Å²) in [4.78, 5) is 4.52. The molecular weight excluding hydrogens is 305 g/mol. The summed E-state index contributed by atoms with van der Waals surface area (Å²) in [6, 6.07) is 7.79. The molecule has 2 aliphatic rings. The molecule has 24 heavy (non-hydrogen) atoms. The van der Waals surface area contributed by atoms with Crippen molar-refractivity contribution in [2.24, 2.45) is 0 Å². The van der Waals surface area contributed by atoms with Crippen molar-refractivity contribution in [2.45, 2.75) is 52.2 Å². The third-order valence-corrected chi connectivity index (χ3v) is 4.58. The Morgan fingerprint density at radius 1 is 1.21 bits per heavy atom. The van der Waals surface area contributed by atoms with E-state index in [0.29, 0.717) is 6.42 Å². The topological polar surface area (TPSA) is 31.4 Å². The number of aromatic nitrogens is 1. The molecule has 2 bridgehead atoms. The van der Waals surface area contributed by atoms with Crippen molar-refractivity contribution >= 4 is 16.5 Å². The van der Waals surface area contributed by atoms with Gasteiger partial charge in [-0.3, -0.25) is 4.98 Å². The average Bonchev–Trinajstić information content (AvgIpc) is 3.02. The zero-order valence-corrected chi connectivity index (χ0v) is 14.7. The molecule has 128 valence electrons. The number of pyridine rings is 1. The zero-order chi connectivity index (χ0) is 17.3. The third kappa shape index (κ3) is 2.91. The first-order valence-electron chi connectivity index (χ1n) is 8.65. The van der Waals surface area contributed by atoms with Crippen molar-refractivity contribution < 1.29 is 13.9 Å². The number of ether oxygens (including phenoxy) is 2. The van der Waals surface area contributed by atoms with Gasteiger partial charge in [0, 0.05) is 23.6 Å². The first-order chi connectivity index (χ1) is 11.7. The van der Waals surface area contributed by atoms with Crippen LogP contribution >= 0.6 is 0 Å². The van der Waals surface area contributed by atoms with Crippen LogP contribution in [0.3, 0.4) is 0 Å². The number of halogens is 1. The monoisotopic (exact) mass is 329 g/mol. The van der Waals surface area contributed by atoms with Crippen LogP contribution in [-0.4, -0.2) is 24.3 Å². The summed E-state index contributed by atoms with van der Waals surface area (Å²) < 4.78 is 25.7. The molecule has 0 spiro atoms. The van der Waals surface area contributed by atoms with E-state index in [1.165, 1.54) is 0 Å². The maximum atomic E-state index is 14.6. The van der Waals surface area contributed by atoms with Crippen LogP contribution in [0.5, 0.6) is 5.75 Å². The predicted octanol–water partition coefficient (Wildman–Crippen LogP) is 5.21. The summed E-state index contributed by atoms with van der Waals surface area (Å²) in [5.74, 6) is 0.674. The van der Waals surface area contributed by atoms with Gasteiger partial charge in [-0.2, -0.15) is 0 Å². The lowest BCUT2D eigenvalue weighted by molar-refractivity contribution is 0.0463. The molecule has 0 aliphatic carbocycles. The number of hydrogen-bond acceptors (Lipinski definition) is 3. The fourth-order valence-electron chi connectivity index (χ4n) is 3.49. The fourth-order valence-corrected chi connectivity index (χ4v) is 3.49. The van der Waals surface area contributed by atoms with E-state index in [-0.39, 0.29) is 18.0 Å². The molecule has 0 radical (unpaired) electrons. The van der Waals surface area contributed by atoms with Gasteiger partial charge < -0.3 is 9.47 Å². The molecule has 0 saturated carbocycles. The second-order valence-electron chi connectivity index (χ2n) is 6.05. The Labute approximate surface area is 142 Å². The van der Waals surface area contributed by atoms with Crippen LogP contribution in [0.2, 0.25) is 0 Å². The second kappa shape index (κ2) is 6.89. The van der Waals surface area contributed by atoms with Crippen molar-refractivity contribution in [1.29, 1.82) is 0 Å². The quantitative estimate of drug-likeness (QED) is 0.758. The van der Waals surface area contributed by atoms with Crippen LogP contribution < -0.4 is 4.74 Å². The van der Waals surface area contributed by atoms with Crippen molar-refractivity contribution in [1.82, 2.24) is 4.98 Å². The predicted molar refractivity (Wildman–Crippen MR) is 94.9 cm³/mol. The van der Waals surface area contributed by atoms with Crippen molar-refractivity contribution in [3.05, 3.63) is 41.3 Å². The highest BCUT2D eigenvalue weighted by atomic mass is 19.1. The lowest BCUT2D eigenvalue weighted by atomic mass is 9.96. The Balaban J connectivity index is 0.000000815. The average molecular weight is 329 g/mol. The van der Waals surface area contributed by atoms with Gasteiger partial charge in [0.2, 0.25) is 0 Å². The summed E-state index contributed by atoms with van der Waals surface area (Å²) in [5, 5.41) is 0.921. The van der Waals surface area contributed by atoms with Gasteiger partial charge in [0.1, 0.15) is 17.7 Å². The minimum atomic E-state index is -0.345. The Hall–Kier alpha value is -1.94. The number of benzene rings is 1. The summed E-state index contributed by atoms with van der Waals surface area (Å²) in [6.45, 7) is 5.94. The molecule has 1 aromatic carbocycles. The number of methoxy groups -OCH3 is 1. The molecule has 0 amide bonds. The molecule has 1 aromatic heterocycles. The molecule has 0 N–H and O–H groups in total. The van der Waals surface area contributed by atoms with Gasteiger partial charge in [-0.25, -0.2) is 4.39 Å². The molecule has 1 fully saturated rings. The van der Waals surface area contributed by atoms with Crippen LogP contribution in [0.15, 0.2) is 30.1 Å². The van der Waals surface area contributed by atoms with Gasteiger partial charge in [-0.1, -0.05) is 19.9 Å². The summed E-state index contributed by atoms with van der Waals surface area (Å²) in [5.41, 5.74) is 3.47. The lowest BCUT2D eigenvalue weighted by Gasteiger charge is -2.23. The summed E-state index contributed by atoms with van der Waals surface area (Å²) >= 11 is 0. The number of fused-ring (bicyclic) bond motifs is 3. The number of aryl methyl sites for hydroxylation is 1. The van der Waals surface area contributed by atoms with Crippen LogP contribution in [0, 0.1) is 6.92 Å². The van der Waals surface area contributed by atoms with Gasteiger partial charge in [0.25, 0.3) is 0 Å². The van der Waals surface area contributed by atoms with E-state index >= 15 is 0 Å². The minimum absolute atomic E-state index is 0.105. The highest BCUT2D eigenvalue weighted by Gasteiger charge is 2.36. The Kier molecular flexibility index (Phi) is 4.86. The molecule has 3 nitrogen and oxygen atoms in total. The van der Waals surface area contributed by atoms with E-state index in [0.717, 1.165) is 46.3 Å². The molecule has 2 aromatic rings. The maximum absolute atomic E-state index is 14.6. The van der Waals surface area contributed by atoms with Crippen LogP contribution in [0.25, 0.3) is 16.5 Å². The summed E-state index contributed by atoms with van der Waals surface area (Å²) in [7, 11) is 1.65. The first kappa shape index (κ1) is 16.9. The highest BCUT2D eigenvalue weighted by Crippen LogP contribution is 2.42. The van der Waals surface area contributed by atoms with Crippen molar-refractivity contribution in [3.8, 4) is 5.75 Å². The van der Waals surface area contributed by atoms with Gasteiger partial charge in [0.15, 0.2) is 0 Å². The van der Waals surface area contributed by atoms with E-state index in [1.54, 1.807) is 7.11 Å². The largest absolute Gasteiger partial charge is 0.496 e. The molecule has 4 heteroatoms. The van der Waals surface area contributed by atoms with E-state index in [4.69, 9.17) is 9.47 Å². The van der Waals surface area contributed by atoms with Crippen LogP contribution in [-0.2, 0) is 4.74 Å². The van der Waals surface area contributed by atoms with E-state index in [1.807, 2.05) is 45.0 Å². The van der Waals surface area contributed by atoms with Gasteiger partial charge in [-0.15, -0.1) is 0 Å². The Morgan fingerprint density at radius 3 is 2.75 bits per heavy atom. The molecule has 4 rings (SSSR count). The number of hydrogen-bond donors (Lipinski definition) is 0. The smallest absolute Gasteiger partial charge is 0.133 e. The zero-order valence-electron chi connectivity index (χ0n) is 14.7. The van der Waals surface area contributed by atoms with Crippen molar-refractivity contribution in [3.63, 3.8) is 0 Å². The lowest BCUT2D eigenvalue weighted by Crippen LogP contribution is -2.19.